The predicted molar refractivity (Wildman–Crippen MR) is 121 cm³/mol. The predicted octanol–water partition coefficient (Wildman–Crippen LogP) is 4.57. The van der Waals surface area contributed by atoms with Crippen LogP contribution in [0.3, 0.4) is 0 Å². The molecule has 0 saturated carbocycles. The third-order valence-corrected chi connectivity index (χ3v) is 7.10. The Morgan fingerprint density at radius 3 is 1.67 bits per heavy atom. The van der Waals surface area contributed by atoms with E-state index in [1.165, 1.54) is 0 Å². The van der Waals surface area contributed by atoms with E-state index in [0.717, 1.165) is 5.56 Å². The van der Waals surface area contributed by atoms with E-state index < -0.39 is 31.7 Å². The molecule has 0 heterocycles. The molecule has 6 heteroatoms. The van der Waals surface area contributed by atoms with Gasteiger partial charge in [0, 0.05) is 12.8 Å². The number of nitrogens with one attached hydrogen (secondary N) is 1. The summed E-state index contributed by atoms with van der Waals surface area (Å²) in [6.07, 6.45) is 0.894. The molecule has 0 aliphatic heterocycles. The average molecular weight is 420 g/mol. The standard InChI is InChI=1S/C21H33NO2SSi2/c1-19-11-13-20(14-12-19)25(23,24)22-21(2,15-9-17-26(3,4)5)16-10-18-27(6,7)8/h11-14,22H,15-16H2,1-8H3. The number of rotatable bonds is 5. The van der Waals surface area contributed by atoms with Crippen LogP contribution < -0.4 is 4.72 Å². The Bertz CT molecular complexity index is 835. The highest BCUT2D eigenvalue weighted by molar-refractivity contribution is 7.89. The summed E-state index contributed by atoms with van der Waals surface area (Å²) in [7, 11) is -6.66. The number of hydrogen-bond donors (Lipinski definition) is 1. The van der Waals surface area contributed by atoms with Crippen molar-refractivity contribution < 1.29 is 8.42 Å². The highest BCUT2D eigenvalue weighted by Crippen LogP contribution is 2.20. The van der Waals surface area contributed by atoms with Crippen molar-refractivity contribution in [3.63, 3.8) is 0 Å². The van der Waals surface area contributed by atoms with Gasteiger partial charge in [0.1, 0.15) is 16.1 Å². The molecule has 27 heavy (non-hydrogen) atoms. The SMILES string of the molecule is Cc1ccc(S(=O)(=O)NC(C)(CC#C[Si](C)(C)C)CC#C[Si](C)(C)C)cc1. The zero-order valence-electron chi connectivity index (χ0n) is 17.9. The Morgan fingerprint density at radius 1 is 0.889 bits per heavy atom. The summed E-state index contributed by atoms with van der Waals surface area (Å²) in [5.74, 6) is 6.45. The van der Waals surface area contributed by atoms with Gasteiger partial charge in [-0.05, 0) is 26.0 Å². The first kappa shape index (κ1) is 23.7. The lowest BCUT2D eigenvalue weighted by Crippen LogP contribution is -2.45. The van der Waals surface area contributed by atoms with Crippen molar-refractivity contribution in [1.29, 1.82) is 0 Å². The number of sulfonamides is 1. The first-order valence-corrected chi connectivity index (χ1v) is 17.7. The van der Waals surface area contributed by atoms with Gasteiger partial charge in [-0.3, -0.25) is 0 Å². The maximum atomic E-state index is 12.9. The van der Waals surface area contributed by atoms with Gasteiger partial charge in [0.2, 0.25) is 10.0 Å². The molecule has 0 bridgehead atoms. The highest BCUT2D eigenvalue weighted by Gasteiger charge is 2.29. The summed E-state index contributed by atoms with van der Waals surface area (Å²) >= 11 is 0. The van der Waals surface area contributed by atoms with Crippen LogP contribution >= 0.6 is 0 Å². The Hall–Kier alpha value is -1.32. The molecule has 0 radical (unpaired) electrons. The zero-order valence-corrected chi connectivity index (χ0v) is 20.8. The molecule has 0 unspecified atom stereocenters. The van der Waals surface area contributed by atoms with Crippen LogP contribution in [0.2, 0.25) is 39.3 Å². The molecule has 0 aliphatic rings. The van der Waals surface area contributed by atoms with E-state index in [2.05, 4.69) is 66.9 Å². The quantitative estimate of drug-likeness (QED) is 0.561. The second-order valence-corrected chi connectivity index (χ2v) is 20.6. The van der Waals surface area contributed by atoms with Gasteiger partial charge in [-0.2, -0.15) is 0 Å². The lowest BCUT2D eigenvalue weighted by molar-refractivity contribution is 0.434. The molecule has 0 aliphatic carbocycles. The molecule has 1 aromatic rings. The number of hydrogen-bond acceptors (Lipinski definition) is 2. The van der Waals surface area contributed by atoms with Crippen molar-refractivity contribution in [3.05, 3.63) is 29.8 Å². The smallest absolute Gasteiger partial charge is 0.207 e. The number of benzene rings is 1. The molecular formula is C21H33NO2SSi2. The highest BCUT2D eigenvalue weighted by atomic mass is 32.2. The van der Waals surface area contributed by atoms with Crippen molar-refractivity contribution in [2.24, 2.45) is 0 Å². The van der Waals surface area contributed by atoms with Crippen LogP contribution in [0.4, 0.5) is 0 Å². The first-order valence-electron chi connectivity index (χ1n) is 9.23. The fourth-order valence-electron chi connectivity index (χ4n) is 2.24. The molecule has 0 saturated heterocycles. The van der Waals surface area contributed by atoms with Crippen LogP contribution in [0.1, 0.15) is 25.3 Å². The van der Waals surface area contributed by atoms with Crippen molar-refractivity contribution in [3.8, 4) is 22.9 Å². The molecule has 0 atom stereocenters. The van der Waals surface area contributed by atoms with E-state index in [1.54, 1.807) is 12.1 Å². The summed E-state index contributed by atoms with van der Waals surface area (Å²) in [4.78, 5) is 0.274. The lowest BCUT2D eigenvalue weighted by atomic mass is 9.96. The molecule has 0 amide bonds. The van der Waals surface area contributed by atoms with Gasteiger partial charge in [0.25, 0.3) is 0 Å². The molecule has 1 rings (SSSR count). The molecule has 1 N–H and O–H groups in total. The van der Waals surface area contributed by atoms with Crippen LogP contribution in [0.15, 0.2) is 29.2 Å². The average Bonchev–Trinajstić information content (AvgIpc) is 2.44. The van der Waals surface area contributed by atoms with Gasteiger partial charge in [0.05, 0.1) is 10.4 Å². The first-order chi connectivity index (χ1) is 12.1. The Kier molecular flexibility index (Phi) is 7.72. The van der Waals surface area contributed by atoms with E-state index in [-0.39, 0.29) is 4.90 Å². The fourth-order valence-corrected chi connectivity index (χ4v) is 4.89. The summed E-state index contributed by atoms with van der Waals surface area (Å²) in [6.45, 7) is 16.9. The van der Waals surface area contributed by atoms with Crippen molar-refractivity contribution in [1.82, 2.24) is 4.72 Å². The summed E-state index contributed by atoms with van der Waals surface area (Å²) in [6, 6.07) is 6.89. The van der Waals surface area contributed by atoms with Gasteiger partial charge in [-0.1, -0.05) is 57.0 Å². The van der Waals surface area contributed by atoms with Crippen LogP contribution in [0.5, 0.6) is 0 Å². The van der Waals surface area contributed by atoms with E-state index in [1.807, 2.05) is 26.0 Å². The fraction of sp³-hybridized carbons (Fsp3) is 0.524. The van der Waals surface area contributed by atoms with E-state index in [0.29, 0.717) is 12.8 Å². The van der Waals surface area contributed by atoms with Crippen LogP contribution in [0, 0.1) is 29.9 Å². The maximum absolute atomic E-state index is 12.9. The van der Waals surface area contributed by atoms with E-state index >= 15 is 0 Å². The van der Waals surface area contributed by atoms with Crippen LogP contribution in [-0.4, -0.2) is 30.1 Å². The molecule has 0 fully saturated rings. The normalized spacial score (nSPS) is 12.6. The van der Waals surface area contributed by atoms with Gasteiger partial charge in [-0.15, -0.1) is 22.9 Å². The Balaban J connectivity index is 3.16. The van der Waals surface area contributed by atoms with Crippen molar-refractivity contribution in [2.75, 3.05) is 0 Å². The molecular weight excluding hydrogens is 386 g/mol. The van der Waals surface area contributed by atoms with Gasteiger partial charge in [0.15, 0.2) is 0 Å². The van der Waals surface area contributed by atoms with Gasteiger partial charge in [-0.25, -0.2) is 13.1 Å². The molecule has 0 spiro atoms. The lowest BCUT2D eigenvalue weighted by Gasteiger charge is -2.27. The second kappa shape index (κ2) is 8.79. The summed E-state index contributed by atoms with van der Waals surface area (Å²) in [5, 5.41) is 0. The topological polar surface area (TPSA) is 46.2 Å². The third-order valence-electron chi connectivity index (χ3n) is 3.60. The third kappa shape index (κ3) is 9.44. The number of aryl methyl sites for hydroxylation is 1. The van der Waals surface area contributed by atoms with Crippen molar-refractivity contribution >= 4 is 26.2 Å². The minimum atomic E-state index is -3.63. The zero-order chi connectivity index (χ0) is 20.9. The van der Waals surface area contributed by atoms with Crippen LogP contribution in [-0.2, 0) is 10.0 Å². The molecule has 1 aromatic carbocycles. The Morgan fingerprint density at radius 2 is 1.30 bits per heavy atom. The van der Waals surface area contributed by atoms with Gasteiger partial charge >= 0.3 is 0 Å². The molecule has 0 aromatic heterocycles. The maximum Gasteiger partial charge on any atom is 0.241 e. The summed E-state index contributed by atoms with van der Waals surface area (Å²) < 4.78 is 28.7. The molecule has 3 nitrogen and oxygen atoms in total. The van der Waals surface area contributed by atoms with E-state index in [4.69, 9.17) is 0 Å². The molecule has 148 valence electrons. The monoisotopic (exact) mass is 419 g/mol. The minimum absolute atomic E-state index is 0.274. The van der Waals surface area contributed by atoms with E-state index in [9.17, 15) is 8.42 Å². The Labute approximate surface area is 168 Å². The minimum Gasteiger partial charge on any atom is -0.207 e. The van der Waals surface area contributed by atoms with Crippen LogP contribution in [0.25, 0.3) is 0 Å². The van der Waals surface area contributed by atoms with Gasteiger partial charge < -0.3 is 0 Å². The van der Waals surface area contributed by atoms with Crippen molar-refractivity contribution in [2.45, 2.75) is 76.4 Å². The summed E-state index contributed by atoms with van der Waals surface area (Å²) in [5.41, 5.74) is 6.97. The second-order valence-electron chi connectivity index (χ2n) is 9.44. The largest absolute Gasteiger partial charge is 0.241 e.